The van der Waals surface area contributed by atoms with E-state index in [1.165, 1.54) is 7.11 Å². The molecule has 3 heteroatoms. The van der Waals surface area contributed by atoms with E-state index >= 15 is 0 Å². The fourth-order valence-corrected chi connectivity index (χ4v) is 1.57. The number of halogens is 1. The summed E-state index contributed by atoms with van der Waals surface area (Å²) in [7, 11) is 1.33. The number of rotatable bonds is 3. The largest absolute Gasteiger partial charge is 0.466 e. The summed E-state index contributed by atoms with van der Waals surface area (Å²) in [5.74, 6) is -0.427. The lowest BCUT2D eigenvalue weighted by Gasteiger charge is -2.07. The van der Waals surface area contributed by atoms with E-state index in [0.29, 0.717) is 10.6 Å². The van der Waals surface area contributed by atoms with Gasteiger partial charge in [0.1, 0.15) is 0 Å². The molecule has 0 N–H and O–H groups in total. The third kappa shape index (κ3) is 2.52. The Bertz CT molecular complexity index is 447. The van der Waals surface area contributed by atoms with Gasteiger partial charge in [0.25, 0.3) is 0 Å². The number of carbonyl (C=O) groups excluding carboxylic acids is 1. The van der Waals surface area contributed by atoms with Crippen molar-refractivity contribution in [3.05, 3.63) is 47.5 Å². The summed E-state index contributed by atoms with van der Waals surface area (Å²) < 4.78 is 4.62. The first-order valence-electron chi connectivity index (χ1n) is 4.78. The number of ether oxygens (including phenoxy) is 1. The third-order valence-electron chi connectivity index (χ3n) is 2.24. The number of benzene rings is 1. The van der Waals surface area contributed by atoms with Crippen molar-refractivity contribution >= 4 is 28.7 Å². The van der Waals surface area contributed by atoms with Gasteiger partial charge in [-0.2, -0.15) is 0 Å². The summed E-state index contributed by atoms with van der Waals surface area (Å²) in [6.45, 7) is 5.33. The summed E-state index contributed by atoms with van der Waals surface area (Å²) in [6, 6.07) is 7.47. The highest BCUT2D eigenvalue weighted by Crippen LogP contribution is 2.27. The molecule has 1 rings (SSSR count). The van der Waals surface area contributed by atoms with Crippen LogP contribution >= 0.6 is 11.6 Å². The molecule has 0 saturated heterocycles. The second-order valence-electron chi connectivity index (χ2n) is 3.22. The first-order chi connectivity index (χ1) is 7.61. The summed E-state index contributed by atoms with van der Waals surface area (Å²) in [4.78, 5) is 11.3. The number of hydrogen-bond acceptors (Lipinski definition) is 2. The summed E-state index contributed by atoms with van der Waals surface area (Å²) in [5.41, 5.74) is 2.05. The highest BCUT2D eigenvalue weighted by molar-refractivity contribution is 6.51. The van der Waals surface area contributed by atoms with Gasteiger partial charge < -0.3 is 4.74 Å². The molecule has 0 unspecified atom stereocenters. The average molecular weight is 237 g/mol. The predicted octanol–water partition coefficient (Wildman–Crippen LogP) is 3.47. The molecule has 0 saturated carbocycles. The highest BCUT2D eigenvalue weighted by Gasteiger charge is 2.12. The minimum atomic E-state index is -0.427. The minimum Gasteiger partial charge on any atom is -0.466 e. The Labute approximate surface area is 100 Å². The zero-order valence-electron chi connectivity index (χ0n) is 9.29. The van der Waals surface area contributed by atoms with Crippen molar-refractivity contribution < 1.29 is 9.53 Å². The van der Waals surface area contributed by atoms with Crippen LogP contribution in [0.5, 0.6) is 0 Å². The van der Waals surface area contributed by atoms with Gasteiger partial charge in [-0.3, -0.25) is 0 Å². The van der Waals surface area contributed by atoms with Crippen LogP contribution < -0.4 is 0 Å². The normalized spacial score (nSPS) is 11.7. The fraction of sp³-hybridized carbons (Fsp3) is 0.154. The monoisotopic (exact) mass is 236 g/mol. The van der Waals surface area contributed by atoms with Crippen LogP contribution in [0.25, 0.3) is 11.1 Å². The fourth-order valence-electron chi connectivity index (χ4n) is 1.32. The lowest BCUT2D eigenvalue weighted by atomic mass is 10.0. The average Bonchev–Trinajstić information content (AvgIpc) is 2.35. The first kappa shape index (κ1) is 12.5. The molecule has 0 radical (unpaired) electrons. The molecule has 0 fully saturated rings. The smallest absolute Gasteiger partial charge is 0.334 e. The number of methoxy groups -OCH3 is 1. The van der Waals surface area contributed by atoms with Crippen molar-refractivity contribution in [1.29, 1.82) is 0 Å². The second kappa shape index (κ2) is 5.52. The second-order valence-corrected chi connectivity index (χ2v) is 3.60. The van der Waals surface area contributed by atoms with Crippen molar-refractivity contribution in [2.75, 3.05) is 7.11 Å². The van der Waals surface area contributed by atoms with Crippen LogP contribution in [-0.4, -0.2) is 13.1 Å². The van der Waals surface area contributed by atoms with Crippen molar-refractivity contribution in [3.63, 3.8) is 0 Å². The maximum Gasteiger partial charge on any atom is 0.334 e. The zero-order chi connectivity index (χ0) is 12.1. The van der Waals surface area contributed by atoms with E-state index < -0.39 is 5.97 Å². The Hall–Kier alpha value is -1.54. The number of esters is 1. The first-order valence-corrected chi connectivity index (χ1v) is 5.16. The molecular weight excluding hydrogens is 224 g/mol. The molecule has 0 amide bonds. The van der Waals surface area contributed by atoms with Gasteiger partial charge in [-0.25, -0.2) is 4.79 Å². The van der Waals surface area contributed by atoms with Crippen LogP contribution in [0, 0.1) is 0 Å². The van der Waals surface area contributed by atoms with Crippen LogP contribution in [-0.2, 0) is 9.53 Å². The van der Waals surface area contributed by atoms with Crippen molar-refractivity contribution in [2.45, 2.75) is 6.92 Å². The van der Waals surface area contributed by atoms with Crippen molar-refractivity contribution in [3.8, 4) is 0 Å². The molecule has 2 nitrogen and oxygen atoms in total. The maximum absolute atomic E-state index is 11.3. The van der Waals surface area contributed by atoms with Crippen LogP contribution in [0.15, 0.2) is 36.4 Å². The Morgan fingerprint density at radius 3 is 2.62 bits per heavy atom. The van der Waals surface area contributed by atoms with Gasteiger partial charge >= 0.3 is 5.97 Å². The van der Waals surface area contributed by atoms with Crippen LogP contribution in [0.4, 0.5) is 0 Å². The predicted molar refractivity (Wildman–Crippen MR) is 67.0 cm³/mol. The van der Waals surface area contributed by atoms with E-state index in [-0.39, 0.29) is 0 Å². The lowest BCUT2D eigenvalue weighted by molar-refractivity contribution is -0.135. The van der Waals surface area contributed by atoms with Gasteiger partial charge in [0.15, 0.2) is 0 Å². The standard InChI is InChI=1S/C13H13ClO2/c1-4-10-7-5-6-8-11(10)12(14)9(2)13(15)16-3/h4-8H,1H2,2-3H3/b12-9-. The van der Waals surface area contributed by atoms with Gasteiger partial charge in [0.2, 0.25) is 0 Å². The molecule has 0 atom stereocenters. The molecule has 1 aromatic carbocycles. The van der Waals surface area contributed by atoms with E-state index in [2.05, 4.69) is 11.3 Å². The van der Waals surface area contributed by atoms with E-state index in [1.54, 1.807) is 13.0 Å². The van der Waals surface area contributed by atoms with E-state index in [0.717, 1.165) is 11.1 Å². The SMILES string of the molecule is C=Cc1ccccc1/C(Cl)=C(\C)C(=O)OC. The van der Waals surface area contributed by atoms with Crippen molar-refractivity contribution in [2.24, 2.45) is 0 Å². The molecule has 0 bridgehead atoms. The quantitative estimate of drug-likeness (QED) is 0.593. The molecule has 0 spiro atoms. The Kier molecular flexibility index (Phi) is 4.32. The van der Waals surface area contributed by atoms with E-state index in [9.17, 15) is 4.79 Å². The zero-order valence-corrected chi connectivity index (χ0v) is 10.0. The number of hydrogen-bond donors (Lipinski definition) is 0. The number of carbonyl (C=O) groups is 1. The van der Waals surface area contributed by atoms with Crippen molar-refractivity contribution in [1.82, 2.24) is 0 Å². The van der Waals surface area contributed by atoms with Gasteiger partial charge in [-0.15, -0.1) is 0 Å². The minimum absolute atomic E-state index is 0.387. The Morgan fingerprint density at radius 2 is 2.06 bits per heavy atom. The van der Waals surface area contributed by atoms with Crippen LogP contribution in [0.1, 0.15) is 18.1 Å². The van der Waals surface area contributed by atoms with Crippen LogP contribution in [0.3, 0.4) is 0 Å². The molecule has 16 heavy (non-hydrogen) atoms. The molecule has 0 aliphatic rings. The lowest BCUT2D eigenvalue weighted by Crippen LogP contribution is -2.03. The van der Waals surface area contributed by atoms with Gasteiger partial charge in [-0.05, 0) is 12.5 Å². The Balaban J connectivity index is 3.28. The summed E-state index contributed by atoms with van der Waals surface area (Å²) in [6.07, 6.45) is 1.70. The van der Waals surface area contributed by atoms with Crippen LogP contribution in [0.2, 0.25) is 0 Å². The molecule has 0 aliphatic heterocycles. The molecule has 84 valence electrons. The maximum atomic E-state index is 11.3. The molecule has 0 aliphatic carbocycles. The van der Waals surface area contributed by atoms with E-state index in [1.807, 2.05) is 24.3 Å². The molecule has 0 heterocycles. The molecule has 1 aromatic rings. The molecular formula is C13H13ClO2. The van der Waals surface area contributed by atoms with Gasteiger partial charge in [-0.1, -0.05) is 48.5 Å². The Morgan fingerprint density at radius 1 is 1.44 bits per heavy atom. The highest BCUT2D eigenvalue weighted by atomic mass is 35.5. The van der Waals surface area contributed by atoms with E-state index in [4.69, 9.17) is 11.6 Å². The molecule has 0 aromatic heterocycles. The summed E-state index contributed by atoms with van der Waals surface area (Å²) >= 11 is 6.15. The summed E-state index contributed by atoms with van der Waals surface area (Å²) in [5, 5.41) is 0.391. The van der Waals surface area contributed by atoms with Gasteiger partial charge in [0, 0.05) is 5.56 Å². The van der Waals surface area contributed by atoms with Gasteiger partial charge in [0.05, 0.1) is 17.7 Å². The topological polar surface area (TPSA) is 26.3 Å². The third-order valence-corrected chi connectivity index (χ3v) is 2.73.